The Kier molecular flexibility index (Phi) is 7.78. The molecule has 3 nitrogen and oxygen atoms in total. The Labute approximate surface area is 126 Å². The summed E-state index contributed by atoms with van der Waals surface area (Å²) in [5.41, 5.74) is 0.416. The molecule has 1 atom stereocenters. The lowest BCUT2D eigenvalue weighted by molar-refractivity contribution is 0.0864. The largest absolute Gasteiger partial charge is 0.394 e. The topological polar surface area (TPSA) is 35.5 Å². The fraction of sp³-hybridized carbons (Fsp3) is 0.625. The van der Waals surface area contributed by atoms with Crippen molar-refractivity contribution in [1.29, 1.82) is 0 Å². The molecule has 1 aromatic carbocycles. The van der Waals surface area contributed by atoms with E-state index in [9.17, 15) is 13.9 Å². The molecule has 0 spiro atoms. The molecule has 0 aliphatic heterocycles. The summed E-state index contributed by atoms with van der Waals surface area (Å²) in [6.07, 6.45) is -0.808. The van der Waals surface area contributed by atoms with E-state index in [1.54, 1.807) is 11.9 Å². The van der Waals surface area contributed by atoms with Crippen LogP contribution in [0.25, 0.3) is 0 Å². The van der Waals surface area contributed by atoms with Gasteiger partial charge in [0.05, 0.1) is 18.7 Å². The summed E-state index contributed by atoms with van der Waals surface area (Å²) in [7, 11) is 1.68. The highest BCUT2D eigenvalue weighted by Crippen LogP contribution is 2.25. The zero-order valence-electron chi connectivity index (χ0n) is 12.9. The van der Waals surface area contributed by atoms with Crippen molar-refractivity contribution in [3.63, 3.8) is 0 Å². The minimum atomic E-state index is -2.33. The molecule has 0 aliphatic carbocycles. The number of benzene rings is 1. The maximum atomic E-state index is 12.4. The summed E-state index contributed by atoms with van der Waals surface area (Å²) in [5.74, 6) is 0. The Morgan fingerprint density at radius 1 is 1.29 bits per heavy atom. The van der Waals surface area contributed by atoms with E-state index in [-0.39, 0.29) is 13.2 Å². The molecule has 1 rings (SSSR count). The van der Waals surface area contributed by atoms with Crippen molar-refractivity contribution in [3.05, 3.63) is 35.9 Å². The summed E-state index contributed by atoms with van der Waals surface area (Å²) >= 11 is 0. The smallest absolute Gasteiger partial charge is 0.251 e. The molecule has 0 fully saturated rings. The monoisotopic (exact) mass is 300 g/mol. The maximum Gasteiger partial charge on any atom is 0.251 e. The first kappa shape index (κ1) is 18.0. The summed E-state index contributed by atoms with van der Waals surface area (Å²) in [6.45, 7) is 3.02. The number of alkyl halides is 2. The van der Waals surface area contributed by atoms with Crippen LogP contribution in [-0.4, -0.2) is 49.7 Å². The zero-order valence-corrected chi connectivity index (χ0v) is 12.9. The lowest BCUT2D eigenvalue weighted by Gasteiger charge is -2.35. The molecule has 0 aromatic heterocycles. The first-order valence-electron chi connectivity index (χ1n) is 7.42. The van der Waals surface area contributed by atoms with Gasteiger partial charge in [0.2, 0.25) is 0 Å². The number of nitrogens with one attached hydrogen (secondary N) is 1. The molecular formula is C16H26F2N2O. The first-order valence-corrected chi connectivity index (χ1v) is 7.42. The van der Waals surface area contributed by atoms with E-state index >= 15 is 0 Å². The third kappa shape index (κ3) is 5.69. The van der Waals surface area contributed by atoms with Gasteiger partial charge in [-0.2, -0.15) is 0 Å². The van der Waals surface area contributed by atoms with Gasteiger partial charge in [-0.05, 0) is 32.0 Å². The third-order valence-electron chi connectivity index (χ3n) is 3.68. The van der Waals surface area contributed by atoms with Crippen molar-refractivity contribution in [2.75, 3.05) is 33.3 Å². The Morgan fingerprint density at radius 3 is 2.48 bits per heavy atom. The number of aliphatic hydroxyl groups is 1. The summed E-state index contributed by atoms with van der Waals surface area (Å²) < 4.78 is 24.8. The maximum absolute atomic E-state index is 12.4. The molecule has 0 aliphatic rings. The summed E-state index contributed by atoms with van der Waals surface area (Å²) in [6, 6.07) is 9.71. The van der Waals surface area contributed by atoms with Gasteiger partial charge in [0.1, 0.15) is 0 Å². The van der Waals surface area contributed by atoms with E-state index in [1.807, 2.05) is 30.3 Å². The Bertz CT molecular complexity index is 389. The molecule has 0 saturated carbocycles. The lowest BCUT2D eigenvalue weighted by Crippen LogP contribution is -2.48. The van der Waals surface area contributed by atoms with Crippen LogP contribution in [0.5, 0.6) is 0 Å². The molecule has 21 heavy (non-hydrogen) atoms. The van der Waals surface area contributed by atoms with Crippen molar-refractivity contribution in [3.8, 4) is 0 Å². The van der Waals surface area contributed by atoms with Gasteiger partial charge >= 0.3 is 0 Å². The molecule has 0 radical (unpaired) electrons. The van der Waals surface area contributed by atoms with Gasteiger partial charge in [-0.15, -0.1) is 0 Å². The molecule has 1 unspecified atom stereocenters. The van der Waals surface area contributed by atoms with Gasteiger partial charge in [-0.1, -0.05) is 37.3 Å². The highest BCUT2D eigenvalue weighted by atomic mass is 19.3. The van der Waals surface area contributed by atoms with E-state index in [1.165, 1.54) is 0 Å². The van der Waals surface area contributed by atoms with E-state index in [2.05, 4.69) is 12.2 Å². The van der Waals surface area contributed by atoms with Crippen molar-refractivity contribution < 1.29 is 13.9 Å². The van der Waals surface area contributed by atoms with E-state index in [4.69, 9.17) is 0 Å². The second-order valence-corrected chi connectivity index (χ2v) is 5.44. The number of rotatable bonds is 10. The average molecular weight is 300 g/mol. The van der Waals surface area contributed by atoms with Crippen LogP contribution in [-0.2, 0) is 5.54 Å². The molecular weight excluding hydrogens is 274 g/mol. The molecule has 2 N–H and O–H groups in total. The Balaban J connectivity index is 2.81. The Morgan fingerprint density at radius 2 is 1.95 bits per heavy atom. The van der Waals surface area contributed by atoms with Crippen LogP contribution in [0.15, 0.2) is 30.3 Å². The number of hydrogen-bond acceptors (Lipinski definition) is 3. The van der Waals surface area contributed by atoms with Crippen molar-refractivity contribution in [2.24, 2.45) is 0 Å². The second kappa shape index (κ2) is 9.07. The SMILES string of the molecule is CCCNC(CO)(CCN(C)CC(F)F)c1ccccc1. The van der Waals surface area contributed by atoms with Crippen LogP contribution in [0.3, 0.4) is 0 Å². The second-order valence-electron chi connectivity index (χ2n) is 5.44. The van der Waals surface area contributed by atoms with E-state index in [0.29, 0.717) is 13.0 Å². The number of halogens is 2. The summed E-state index contributed by atoms with van der Waals surface area (Å²) in [5, 5.41) is 13.3. The van der Waals surface area contributed by atoms with Crippen LogP contribution in [0.4, 0.5) is 8.78 Å². The van der Waals surface area contributed by atoms with Crippen LogP contribution in [0.1, 0.15) is 25.3 Å². The fourth-order valence-corrected chi connectivity index (χ4v) is 2.39. The van der Waals surface area contributed by atoms with Crippen LogP contribution in [0.2, 0.25) is 0 Å². The number of aliphatic hydroxyl groups excluding tert-OH is 1. The van der Waals surface area contributed by atoms with Gasteiger partial charge in [0, 0.05) is 6.54 Å². The minimum Gasteiger partial charge on any atom is -0.394 e. The molecule has 1 aromatic rings. The van der Waals surface area contributed by atoms with Crippen LogP contribution < -0.4 is 5.32 Å². The van der Waals surface area contributed by atoms with Gasteiger partial charge in [0.25, 0.3) is 6.43 Å². The predicted molar refractivity (Wildman–Crippen MR) is 81.6 cm³/mol. The zero-order chi connectivity index (χ0) is 15.7. The molecule has 120 valence electrons. The van der Waals surface area contributed by atoms with Crippen molar-refractivity contribution in [2.45, 2.75) is 31.7 Å². The molecule has 0 heterocycles. The van der Waals surface area contributed by atoms with Crippen molar-refractivity contribution >= 4 is 0 Å². The highest BCUT2D eigenvalue weighted by Gasteiger charge is 2.30. The molecule has 0 bridgehead atoms. The van der Waals surface area contributed by atoms with Crippen LogP contribution in [0, 0.1) is 0 Å². The molecule has 0 saturated heterocycles. The first-order chi connectivity index (χ1) is 10.0. The third-order valence-corrected chi connectivity index (χ3v) is 3.68. The highest BCUT2D eigenvalue weighted by molar-refractivity contribution is 5.24. The quantitative estimate of drug-likeness (QED) is 0.697. The van der Waals surface area contributed by atoms with Gasteiger partial charge in [0.15, 0.2) is 0 Å². The Hall–Kier alpha value is -1.04. The minimum absolute atomic E-state index is 0.0560. The van der Waals surface area contributed by atoms with Gasteiger partial charge < -0.3 is 15.3 Å². The van der Waals surface area contributed by atoms with Crippen molar-refractivity contribution in [1.82, 2.24) is 10.2 Å². The number of hydrogen-bond donors (Lipinski definition) is 2. The standard InChI is InChI=1S/C16H26F2N2O/c1-3-10-19-16(13-21,14-7-5-4-6-8-14)9-11-20(2)12-15(17)18/h4-8,15,19,21H,3,9-13H2,1-2H3. The molecule has 0 amide bonds. The number of nitrogens with zero attached hydrogens (tertiary/aromatic N) is 1. The normalized spacial score (nSPS) is 14.6. The van der Waals surface area contributed by atoms with E-state index in [0.717, 1.165) is 18.5 Å². The predicted octanol–water partition coefficient (Wildman–Crippen LogP) is 2.46. The van der Waals surface area contributed by atoms with Gasteiger partial charge in [-0.25, -0.2) is 8.78 Å². The lowest BCUT2D eigenvalue weighted by atomic mass is 9.87. The fourth-order valence-electron chi connectivity index (χ4n) is 2.39. The van der Waals surface area contributed by atoms with Crippen LogP contribution >= 0.6 is 0 Å². The van der Waals surface area contributed by atoms with Gasteiger partial charge in [-0.3, -0.25) is 0 Å². The summed E-state index contributed by atoms with van der Waals surface area (Å²) in [4.78, 5) is 1.60. The average Bonchev–Trinajstić information content (AvgIpc) is 2.48. The van der Waals surface area contributed by atoms with E-state index < -0.39 is 12.0 Å². The molecule has 5 heteroatoms.